The minimum absolute atomic E-state index is 0.0795. The van der Waals surface area contributed by atoms with Crippen LogP contribution in [0, 0.1) is 5.41 Å². The lowest BCUT2D eigenvalue weighted by atomic mass is 10.2. The van der Waals surface area contributed by atoms with E-state index in [4.69, 9.17) is 16.2 Å². The zero-order chi connectivity index (χ0) is 10.0. The van der Waals surface area contributed by atoms with E-state index in [2.05, 4.69) is 21.4 Å². The standard InChI is InChI=1S/C7H11BrN4O/c1-11-12-5(8)2-4(3-13)6(12)7(9)10/h2,11,13H,3H2,1H3,(H3,9,10). The molecule has 0 amide bonds. The number of nitrogens with one attached hydrogen (secondary N) is 2. The predicted octanol–water partition coefficient (Wildman–Crippen LogP) is 0.200. The third-order valence-corrected chi connectivity index (χ3v) is 2.27. The maximum absolute atomic E-state index is 8.99. The second-order valence-corrected chi connectivity index (χ2v) is 3.28. The van der Waals surface area contributed by atoms with Crippen LogP contribution in [0.2, 0.25) is 0 Å². The molecule has 0 radical (unpaired) electrons. The highest BCUT2D eigenvalue weighted by Crippen LogP contribution is 2.19. The van der Waals surface area contributed by atoms with Gasteiger partial charge in [0, 0.05) is 12.6 Å². The molecule has 72 valence electrons. The zero-order valence-corrected chi connectivity index (χ0v) is 8.72. The van der Waals surface area contributed by atoms with Crippen molar-refractivity contribution in [3.05, 3.63) is 21.9 Å². The van der Waals surface area contributed by atoms with Crippen molar-refractivity contribution in [1.29, 1.82) is 5.41 Å². The van der Waals surface area contributed by atoms with Crippen LogP contribution < -0.4 is 11.2 Å². The van der Waals surface area contributed by atoms with Gasteiger partial charge in [-0.05, 0) is 22.0 Å². The number of hydrogen-bond acceptors (Lipinski definition) is 3. The number of aliphatic hydroxyl groups is 1. The topological polar surface area (TPSA) is 87.1 Å². The summed E-state index contributed by atoms with van der Waals surface area (Å²) in [5.74, 6) is -0.0795. The summed E-state index contributed by atoms with van der Waals surface area (Å²) < 4.78 is 2.32. The fourth-order valence-electron chi connectivity index (χ4n) is 1.16. The normalized spacial score (nSPS) is 10.1. The van der Waals surface area contributed by atoms with Gasteiger partial charge in [0.2, 0.25) is 0 Å². The molecule has 0 saturated carbocycles. The highest BCUT2D eigenvalue weighted by molar-refractivity contribution is 9.10. The van der Waals surface area contributed by atoms with Gasteiger partial charge in [-0.15, -0.1) is 0 Å². The number of halogens is 1. The Morgan fingerprint density at radius 3 is 2.85 bits per heavy atom. The van der Waals surface area contributed by atoms with Crippen molar-refractivity contribution < 1.29 is 5.11 Å². The number of nitrogens with two attached hydrogens (primary N) is 1. The molecule has 5 nitrogen and oxygen atoms in total. The van der Waals surface area contributed by atoms with Crippen LogP contribution in [0.5, 0.6) is 0 Å². The van der Waals surface area contributed by atoms with Gasteiger partial charge in [-0.1, -0.05) is 0 Å². The van der Waals surface area contributed by atoms with Gasteiger partial charge in [0.05, 0.1) is 6.61 Å². The average Bonchev–Trinajstić information content (AvgIpc) is 2.41. The summed E-state index contributed by atoms with van der Waals surface area (Å²) in [5.41, 5.74) is 9.31. The van der Waals surface area contributed by atoms with Gasteiger partial charge in [0.1, 0.15) is 16.1 Å². The third kappa shape index (κ3) is 1.68. The SMILES string of the molecule is CNn1c(Br)cc(CO)c1C(=N)N. The van der Waals surface area contributed by atoms with Gasteiger partial charge in [-0.3, -0.25) is 5.41 Å². The molecular formula is C7H11BrN4O. The lowest BCUT2D eigenvalue weighted by molar-refractivity contribution is 0.281. The summed E-state index contributed by atoms with van der Waals surface area (Å²) in [5, 5.41) is 16.3. The zero-order valence-electron chi connectivity index (χ0n) is 7.13. The van der Waals surface area contributed by atoms with Crippen molar-refractivity contribution in [3.63, 3.8) is 0 Å². The van der Waals surface area contributed by atoms with Crippen LogP contribution in [0.1, 0.15) is 11.3 Å². The number of aliphatic hydroxyl groups excluding tert-OH is 1. The smallest absolute Gasteiger partial charge is 0.142 e. The fraction of sp³-hybridized carbons (Fsp3) is 0.286. The second-order valence-electron chi connectivity index (χ2n) is 2.47. The maximum Gasteiger partial charge on any atom is 0.142 e. The first-order valence-corrected chi connectivity index (χ1v) is 4.44. The molecule has 6 heteroatoms. The number of hydrogen-bond donors (Lipinski definition) is 4. The fourth-order valence-corrected chi connectivity index (χ4v) is 1.79. The van der Waals surface area contributed by atoms with Crippen LogP contribution in [0.25, 0.3) is 0 Å². The lowest BCUT2D eigenvalue weighted by Crippen LogP contribution is -2.23. The average molecular weight is 247 g/mol. The maximum atomic E-state index is 8.99. The van der Waals surface area contributed by atoms with Gasteiger partial charge >= 0.3 is 0 Å². The van der Waals surface area contributed by atoms with Crippen molar-refractivity contribution in [1.82, 2.24) is 4.68 Å². The first-order chi connectivity index (χ1) is 6.11. The first-order valence-electron chi connectivity index (χ1n) is 3.65. The number of aromatic nitrogens is 1. The summed E-state index contributed by atoms with van der Waals surface area (Å²) in [6, 6.07) is 1.72. The Balaban J connectivity index is 3.32. The van der Waals surface area contributed by atoms with E-state index in [0.717, 1.165) is 4.60 Å². The molecule has 1 aromatic heterocycles. The highest BCUT2D eigenvalue weighted by Gasteiger charge is 2.14. The molecule has 0 aliphatic rings. The quantitative estimate of drug-likeness (QED) is 0.454. The van der Waals surface area contributed by atoms with Crippen molar-refractivity contribution in [2.45, 2.75) is 6.61 Å². The molecule has 13 heavy (non-hydrogen) atoms. The van der Waals surface area contributed by atoms with Gasteiger partial charge in [-0.2, -0.15) is 0 Å². The molecule has 0 bridgehead atoms. The van der Waals surface area contributed by atoms with Gasteiger partial charge in [0.15, 0.2) is 0 Å². The van der Waals surface area contributed by atoms with Crippen LogP contribution in [0.3, 0.4) is 0 Å². The Bertz CT molecular complexity index is 333. The Hall–Kier alpha value is -1.01. The van der Waals surface area contributed by atoms with Crippen LogP contribution in [0.15, 0.2) is 10.7 Å². The van der Waals surface area contributed by atoms with Gasteiger partial charge in [-0.25, -0.2) is 4.68 Å². The van der Waals surface area contributed by atoms with Crippen molar-refractivity contribution in [2.24, 2.45) is 5.73 Å². The first kappa shape index (κ1) is 10.1. The molecular weight excluding hydrogens is 236 g/mol. The van der Waals surface area contributed by atoms with E-state index in [1.54, 1.807) is 17.8 Å². The molecule has 0 spiro atoms. The van der Waals surface area contributed by atoms with Crippen LogP contribution >= 0.6 is 15.9 Å². The molecule has 1 aromatic rings. The summed E-state index contributed by atoms with van der Waals surface area (Å²) in [6.07, 6.45) is 0. The Morgan fingerprint density at radius 2 is 2.46 bits per heavy atom. The number of amidine groups is 1. The number of rotatable bonds is 3. The molecule has 0 aliphatic heterocycles. The molecule has 1 rings (SSSR count). The van der Waals surface area contributed by atoms with E-state index in [1.807, 2.05) is 0 Å². The van der Waals surface area contributed by atoms with Gasteiger partial charge < -0.3 is 16.3 Å². The van der Waals surface area contributed by atoms with E-state index in [0.29, 0.717) is 11.3 Å². The van der Waals surface area contributed by atoms with E-state index in [1.165, 1.54) is 0 Å². The second kappa shape index (κ2) is 3.80. The Labute approximate surface area is 84.2 Å². The van der Waals surface area contributed by atoms with E-state index in [9.17, 15) is 0 Å². The molecule has 0 atom stereocenters. The van der Waals surface area contributed by atoms with Crippen LogP contribution in [-0.2, 0) is 6.61 Å². The lowest BCUT2D eigenvalue weighted by Gasteiger charge is -2.08. The number of nitrogen functional groups attached to an aromatic ring is 1. The van der Waals surface area contributed by atoms with E-state index in [-0.39, 0.29) is 12.4 Å². The molecule has 0 fully saturated rings. The highest BCUT2D eigenvalue weighted by atomic mass is 79.9. The van der Waals surface area contributed by atoms with E-state index >= 15 is 0 Å². The molecule has 0 aliphatic carbocycles. The predicted molar refractivity (Wildman–Crippen MR) is 54.4 cm³/mol. The molecule has 0 aromatic carbocycles. The molecule has 0 saturated heterocycles. The number of nitrogens with zero attached hydrogens (tertiary/aromatic N) is 1. The summed E-state index contributed by atoms with van der Waals surface area (Å²) >= 11 is 3.27. The van der Waals surface area contributed by atoms with E-state index < -0.39 is 0 Å². The monoisotopic (exact) mass is 246 g/mol. The summed E-state index contributed by atoms with van der Waals surface area (Å²) in [4.78, 5) is 0. The van der Waals surface area contributed by atoms with Crippen LogP contribution in [-0.4, -0.2) is 22.7 Å². The Morgan fingerprint density at radius 1 is 1.85 bits per heavy atom. The third-order valence-electron chi connectivity index (χ3n) is 1.68. The van der Waals surface area contributed by atoms with Gasteiger partial charge in [0.25, 0.3) is 0 Å². The minimum Gasteiger partial charge on any atom is -0.392 e. The van der Waals surface area contributed by atoms with Crippen molar-refractivity contribution in [3.8, 4) is 0 Å². The summed E-state index contributed by atoms with van der Waals surface area (Å²) in [7, 11) is 1.71. The molecule has 5 N–H and O–H groups in total. The largest absolute Gasteiger partial charge is 0.392 e. The molecule has 0 unspecified atom stereocenters. The van der Waals surface area contributed by atoms with Crippen LogP contribution in [0.4, 0.5) is 0 Å². The van der Waals surface area contributed by atoms with Crippen molar-refractivity contribution >= 4 is 21.8 Å². The van der Waals surface area contributed by atoms with Crippen molar-refractivity contribution in [2.75, 3.05) is 12.5 Å². The summed E-state index contributed by atoms with van der Waals surface area (Å²) in [6.45, 7) is -0.137. The minimum atomic E-state index is -0.137. The Kier molecular flexibility index (Phi) is 2.94. The molecule has 1 heterocycles.